The van der Waals surface area contributed by atoms with Crippen LogP contribution in [0.5, 0.6) is 0 Å². The maximum Gasteiger partial charge on any atom is 0.111 e. The molecule has 3 heteroatoms. The van der Waals surface area contributed by atoms with Crippen LogP contribution in [0.25, 0.3) is 0 Å². The second kappa shape index (κ2) is 5.25. The lowest BCUT2D eigenvalue weighted by molar-refractivity contribution is -0.0877. The number of methoxy groups -OCH3 is 1. The van der Waals surface area contributed by atoms with Crippen LogP contribution in [0.1, 0.15) is 11.7 Å². The number of hydrogen-bond donors (Lipinski definition) is 1. The molecule has 2 rings (SSSR count). The van der Waals surface area contributed by atoms with E-state index in [0.717, 1.165) is 5.56 Å². The standard InChI is InChI=1S/C13H16O3/c1-15-9-13-11(14)7-8-12(16-13)10-5-3-2-4-6-10/h2-8,11-14H,9H2,1H3/t11-,12-,13+/m0/s1. The van der Waals surface area contributed by atoms with Gasteiger partial charge in [-0.2, -0.15) is 0 Å². The molecule has 0 bridgehead atoms. The van der Waals surface area contributed by atoms with Gasteiger partial charge in [-0.1, -0.05) is 42.5 Å². The molecule has 1 aromatic carbocycles. The van der Waals surface area contributed by atoms with E-state index in [0.29, 0.717) is 6.61 Å². The summed E-state index contributed by atoms with van der Waals surface area (Å²) in [5.41, 5.74) is 1.09. The lowest BCUT2D eigenvalue weighted by Gasteiger charge is -2.29. The van der Waals surface area contributed by atoms with Gasteiger partial charge in [0.05, 0.1) is 6.61 Å². The second-order valence-corrected chi connectivity index (χ2v) is 3.84. The van der Waals surface area contributed by atoms with Gasteiger partial charge in [0.25, 0.3) is 0 Å². The van der Waals surface area contributed by atoms with Gasteiger partial charge in [-0.15, -0.1) is 0 Å². The van der Waals surface area contributed by atoms with Gasteiger partial charge in [-0.05, 0) is 5.56 Å². The largest absolute Gasteiger partial charge is 0.386 e. The van der Waals surface area contributed by atoms with Gasteiger partial charge in [0, 0.05) is 7.11 Å². The van der Waals surface area contributed by atoms with Crippen LogP contribution in [-0.4, -0.2) is 31.0 Å². The van der Waals surface area contributed by atoms with Gasteiger partial charge in [-0.3, -0.25) is 0 Å². The zero-order valence-electron chi connectivity index (χ0n) is 9.24. The monoisotopic (exact) mass is 220 g/mol. The summed E-state index contributed by atoms with van der Waals surface area (Å²) in [5.74, 6) is 0. The maximum atomic E-state index is 9.67. The highest BCUT2D eigenvalue weighted by molar-refractivity contribution is 5.23. The van der Waals surface area contributed by atoms with E-state index in [1.165, 1.54) is 0 Å². The molecule has 86 valence electrons. The van der Waals surface area contributed by atoms with Crippen molar-refractivity contribution in [3.8, 4) is 0 Å². The second-order valence-electron chi connectivity index (χ2n) is 3.84. The fourth-order valence-electron chi connectivity index (χ4n) is 1.79. The van der Waals surface area contributed by atoms with E-state index in [2.05, 4.69) is 0 Å². The molecule has 0 aliphatic carbocycles. The quantitative estimate of drug-likeness (QED) is 0.788. The Hall–Kier alpha value is -1.16. The molecule has 0 saturated carbocycles. The molecular formula is C13H16O3. The molecule has 1 aliphatic rings. The Labute approximate surface area is 95.3 Å². The molecule has 1 aromatic rings. The van der Waals surface area contributed by atoms with Crippen molar-refractivity contribution in [3.05, 3.63) is 48.0 Å². The number of ether oxygens (including phenoxy) is 2. The first-order chi connectivity index (χ1) is 7.81. The molecule has 0 spiro atoms. The number of aliphatic hydroxyl groups excluding tert-OH is 1. The predicted molar refractivity (Wildman–Crippen MR) is 61.1 cm³/mol. The highest BCUT2D eigenvalue weighted by Gasteiger charge is 2.26. The third kappa shape index (κ3) is 2.50. The van der Waals surface area contributed by atoms with E-state index in [9.17, 15) is 5.11 Å². The van der Waals surface area contributed by atoms with E-state index in [1.807, 2.05) is 36.4 Å². The van der Waals surface area contributed by atoms with Crippen LogP contribution >= 0.6 is 0 Å². The van der Waals surface area contributed by atoms with Crippen LogP contribution in [0.2, 0.25) is 0 Å². The van der Waals surface area contributed by atoms with Crippen LogP contribution < -0.4 is 0 Å². The molecule has 1 heterocycles. The van der Waals surface area contributed by atoms with Gasteiger partial charge in [0.2, 0.25) is 0 Å². The van der Waals surface area contributed by atoms with Gasteiger partial charge in [-0.25, -0.2) is 0 Å². The molecule has 0 unspecified atom stereocenters. The maximum absolute atomic E-state index is 9.67. The summed E-state index contributed by atoms with van der Waals surface area (Å²) in [4.78, 5) is 0. The van der Waals surface area contributed by atoms with Gasteiger partial charge in [0.15, 0.2) is 0 Å². The highest BCUT2D eigenvalue weighted by atomic mass is 16.5. The predicted octanol–water partition coefficient (Wildman–Crippen LogP) is 1.69. The zero-order valence-corrected chi connectivity index (χ0v) is 9.24. The summed E-state index contributed by atoms with van der Waals surface area (Å²) in [5, 5.41) is 9.67. The fourth-order valence-corrected chi connectivity index (χ4v) is 1.79. The average Bonchev–Trinajstić information content (AvgIpc) is 2.33. The molecule has 16 heavy (non-hydrogen) atoms. The summed E-state index contributed by atoms with van der Waals surface area (Å²) in [6.07, 6.45) is 2.68. The van der Waals surface area contributed by atoms with Gasteiger partial charge >= 0.3 is 0 Å². The summed E-state index contributed by atoms with van der Waals surface area (Å²) in [6.45, 7) is 0.398. The smallest absolute Gasteiger partial charge is 0.111 e. The molecule has 0 radical (unpaired) electrons. The molecule has 0 saturated heterocycles. The Morgan fingerprint density at radius 3 is 2.69 bits per heavy atom. The van der Waals surface area contributed by atoms with E-state index in [-0.39, 0.29) is 12.2 Å². The third-order valence-electron chi connectivity index (χ3n) is 2.64. The van der Waals surface area contributed by atoms with Crippen molar-refractivity contribution in [2.45, 2.75) is 18.3 Å². The number of benzene rings is 1. The zero-order chi connectivity index (χ0) is 11.4. The Bertz CT molecular complexity index is 347. The van der Waals surface area contributed by atoms with Crippen molar-refractivity contribution in [2.75, 3.05) is 13.7 Å². The number of hydrogen-bond acceptors (Lipinski definition) is 3. The van der Waals surface area contributed by atoms with Crippen molar-refractivity contribution in [1.29, 1.82) is 0 Å². The normalized spacial score (nSPS) is 29.2. The molecule has 3 atom stereocenters. The van der Waals surface area contributed by atoms with Crippen LogP contribution in [0, 0.1) is 0 Å². The van der Waals surface area contributed by atoms with Crippen molar-refractivity contribution in [2.24, 2.45) is 0 Å². The van der Waals surface area contributed by atoms with Gasteiger partial charge in [0.1, 0.15) is 18.3 Å². The number of aliphatic hydroxyl groups is 1. The Morgan fingerprint density at radius 1 is 1.25 bits per heavy atom. The van der Waals surface area contributed by atoms with E-state index in [4.69, 9.17) is 9.47 Å². The topological polar surface area (TPSA) is 38.7 Å². The minimum Gasteiger partial charge on any atom is -0.386 e. The van der Waals surface area contributed by atoms with E-state index < -0.39 is 6.10 Å². The summed E-state index contributed by atoms with van der Waals surface area (Å²) < 4.78 is 10.8. The first kappa shape index (κ1) is 11.3. The van der Waals surface area contributed by atoms with Crippen molar-refractivity contribution in [1.82, 2.24) is 0 Å². The average molecular weight is 220 g/mol. The van der Waals surface area contributed by atoms with Crippen molar-refractivity contribution < 1.29 is 14.6 Å². The lowest BCUT2D eigenvalue weighted by Crippen LogP contribution is -2.35. The molecule has 3 nitrogen and oxygen atoms in total. The molecule has 0 fully saturated rings. The van der Waals surface area contributed by atoms with Crippen LogP contribution in [0.4, 0.5) is 0 Å². The minimum atomic E-state index is -0.583. The molecule has 0 aromatic heterocycles. The SMILES string of the molecule is COC[C@H]1O[C@H](c2ccccc2)C=C[C@@H]1O. The Balaban J connectivity index is 2.11. The molecule has 1 aliphatic heterocycles. The van der Waals surface area contributed by atoms with Crippen LogP contribution in [0.15, 0.2) is 42.5 Å². The van der Waals surface area contributed by atoms with E-state index >= 15 is 0 Å². The molecule has 0 amide bonds. The Kier molecular flexibility index (Phi) is 3.72. The van der Waals surface area contributed by atoms with Crippen LogP contribution in [-0.2, 0) is 9.47 Å². The third-order valence-corrected chi connectivity index (χ3v) is 2.64. The van der Waals surface area contributed by atoms with Gasteiger partial charge < -0.3 is 14.6 Å². The Morgan fingerprint density at radius 2 is 2.00 bits per heavy atom. The van der Waals surface area contributed by atoms with Crippen molar-refractivity contribution in [3.63, 3.8) is 0 Å². The number of rotatable bonds is 3. The fraction of sp³-hybridized carbons (Fsp3) is 0.385. The molecular weight excluding hydrogens is 204 g/mol. The summed E-state index contributed by atoms with van der Waals surface area (Å²) >= 11 is 0. The van der Waals surface area contributed by atoms with E-state index in [1.54, 1.807) is 13.2 Å². The minimum absolute atomic E-state index is 0.0928. The van der Waals surface area contributed by atoms with Crippen LogP contribution in [0.3, 0.4) is 0 Å². The highest BCUT2D eigenvalue weighted by Crippen LogP contribution is 2.26. The molecule has 1 N–H and O–H groups in total. The lowest BCUT2D eigenvalue weighted by atomic mass is 10.0. The first-order valence-electron chi connectivity index (χ1n) is 5.37. The first-order valence-corrected chi connectivity index (χ1v) is 5.37. The van der Waals surface area contributed by atoms with Crippen molar-refractivity contribution >= 4 is 0 Å². The summed E-state index contributed by atoms with van der Waals surface area (Å²) in [7, 11) is 1.60. The summed E-state index contributed by atoms with van der Waals surface area (Å²) in [6, 6.07) is 9.94.